The Balaban J connectivity index is 1.66. The van der Waals surface area contributed by atoms with Crippen LogP contribution in [-0.4, -0.2) is 76.4 Å². The van der Waals surface area contributed by atoms with E-state index in [1.54, 1.807) is 39.0 Å². The monoisotopic (exact) mass is 419 g/mol. The predicted molar refractivity (Wildman–Crippen MR) is 110 cm³/mol. The topological polar surface area (TPSA) is 99.6 Å². The molecule has 1 atom stereocenters. The molecule has 9 heteroatoms. The van der Waals surface area contributed by atoms with E-state index in [2.05, 4.69) is 0 Å². The van der Waals surface area contributed by atoms with Gasteiger partial charge in [-0.25, -0.2) is 14.4 Å². The van der Waals surface area contributed by atoms with Crippen LogP contribution in [0.4, 0.5) is 15.3 Å². The Labute approximate surface area is 176 Å². The number of rotatable bonds is 4. The average molecular weight is 419 g/mol. The number of hydrogen-bond acceptors (Lipinski definition) is 5. The van der Waals surface area contributed by atoms with Gasteiger partial charge < -0.3 is 24.4 Å². The Bertz CT molecular complexity index is 830. The van der Waals surface area contributed by atoms with Crippen LogP contribution < -0.4 is 9.64 Å². The second-order valence-corrected chi connectivity index (χ2v) is 9.08. The van der Waals surface area contributed by atoms with Gasteiger partial charge in [0.15, 0.2) is 5.60 Å². The summed E-state index contributed by atoms with van der Waals surface area (Å²) in [6.45, 7) is 10.2. The van der Waals surface area contributed by atoms with Crippen LogP contribution >= 0.6 is 0 Å². The zero-order valence-electron chi connectivity index (χ0n) is 18.0. The van der Waals surface area contributed by atoms with Crippen molar-refractivity contribution in [3.05, 3.63) is 24.3 Å². The summed E-state index contributed by atoms with van der Waals surface area (Å²) in [7, 11) is 0. The number of benzene rings is 1. The molecule has 0 saturated carbocycles. The third-order valence-electron chi connectivity index (χ3n) is 5.04. The number of urea groups is 1. The van der Waals surface area contributed by atoms with Crippen LogP contribution in [-0.2, 0) is 9.53 Å². The molecule has 0 aromatic heterocycles. The van der Waals surface area contributed by atoms with E-state index in [9.17, 15) is 19.5 Å². The molecule has 0 aliphatic carbocycles. The number of ether oxygens (including phenoxy) is 2. The molecular formula is C21H29N3O6. The number of aliphatic carboxylic acids is 1. The summed E-state index contributed by atoms with van der Waals surface area (Å²) < 4.78 is 11.0. The van der Waals surface area contributed by atoms with Crippen molar-refractivity contribution in [2.45, 2.75) is 51.9 Å². The highest BCUT2D eigenvalue weighted by molar-refractivity contribution is 5.95. The van der Waals surface area contributed by atoms with Crippen LogP contribution in [0.15, 0.2) is 24.3 Å². The molecule has 2 aliphatic rings. The van der Waals surface area contributed by atoms with Crippen molar-refractivity contribution in [3.63, 3.8) is 0 Å². The largest absolute Gasteiger partial charge is 0.478 e. The van der Waals surface area contributed by atoms with Crippen LogP contribution in [0.1, 0.15) is 34.6 Å². The maximum absolute atomic E-state index is 12.9. The van der Waals surface area contributed by atoms with E-state index in [-0.39, 0.29) is 18.2 Å². The lowest BCUT2D eigenvalue weighted by molar-refractivity contribution is -0.152. The first-order valence-corrected chi connectivity index (χ1v) is 9.96. The van der Waals surface area contributed by atoms with Gasteiger partial charge in [0.05, 0.1) is 6.04 Å². The Morgan fingerprint density at radius 2 is 1.67 bits per heavy atom. The van der Waals surface area contributed by atoms with Gasteiger partial charge in [-0.05, 0) is 58.9 Å². The number of carbonyl (C=O) groups is 3. The SMILES string of the molecule is CC(C)(C)OC(=O)N1CCN2C(=O)N(c3ccc(OC(C)(C)C(=O)O)cc3)C[C@@H]2C1. The highest BCUT2D eigenvalue weighted by Gasteiger charge is 2.43. The molecular weight excluding hydrogens is 390 g/mol. The number of carboxylic acids is 1. The summed E-state index contributed by atoms with van der Waals surface area (Å²) in [6, 6.07) is 6.55. The molecule has 3 rings (SSSR count). The van der Waals surface area contributed by atoms with Crippen LogP contribution in [0.2, 0.25) is 0 Å². The van der Waals surface area contributed by atoms with Gasteiger partial charge in [-0.1, -0.05) is 0 Å². The molecule has 2 heterocycles. The van der Waals surface area contributed by atoms with E-state index in [0.29, 0.717) is 37.6 Å². The minimum atomic E-state index is -1.35. The van der Waals surface area contributed by atoms with Gasteiger partial charge in [-0.2, -0.15) is 0 Å². The highest BCUT2D eigenvalue weighted by Crippen LogP contribution is 2.29. The summed E-state index contributed by atoms with van der Waals surface area (Å²) in [4.78, 5) is 41.5. The predicted octanol–water partition coefficient (Wildman–Crippen LogP) is 2.79. The maximum Gasteiger partial charge on any atom is 0.410 e. The molecule has 0 unspecified atom stereocenters. The molecule has 9 nitrogen and oxygen atoms in total. The first-order valence-electron chi connectivity index (χ1n) is 9.96. The summed E-state index contributed by atoms with van der Waals surface area (Å²) in [5.41, 5.74) is -1.22. The van der Waals surface area contributed by atoms with E-state index in [1.165, 1.54) is 13.8 Å². The van der Waals surface area contributed by atoms with Crippen molar-refractivity contribution >= 4 is 23.8 Å². The third-order valence-corrected chi connectivity index (χ3v) is 5.04. The molecule has 0 spiro atoms. The van der Waals surface area contributed by atoms with Gasteiger partial charge in [0.2, 0.25) is 0 Å². The quantitative estimate of drug-likeness (QED) is 0.806. The summed E-state index contributed by atoms with van der Waals surface area (Å²) >= 11 is 0. The van der Waals surface area contributed by atoms with Crippen molar-refractivity contribution in [2.75, 3.05) is 31.1 Å². The Morgan fingerprint density at radius 3 is 2.23 bits per heavy atom. The number of fused-ring (bicyclic) bond motifs is 1. The normalized spacial score (nSPS) is 19.6. The van der Waals surface area contributed by atoms with Gasteiger partial charge in [-0.15, -0.1) is 0 Å². The van der Waals surface area contributed by atoms with Crippen LogP contribution in [0.25, 0.3) is 0 Å². The number of amides is 3. The van der Waals surface area contributed by atoms with Crippen LogP contribution in [0.5, 0.6) is 5.75 Å². The number of nitrogens with zero attached hydrogens (tertiary/aromatic N) is 3. The van der Waals surface area contributed by atoms with E-state index in [0.717, 1.165) is 0 Å². The molecule has 2 fully saturated rings. The van der Waals surface area contributed by atoms with E-state index >= 15 is 0 Å². The zero-order chi connectivity index (χ0) is 22.3. The molecule has 2 saturated heterocycles. The maximum atomic E-state index is 12.9. The van der Waals surface area contributed by atoms with Crippen LogP contribution in [0, 0.1) is 0 Å². The minimum Gasteiger partial charge on any atom is -0.478 e. The van der Waals surface area contributed by atoms with Gasteiger partial charge in [-0.3, -0.25) is 4.90 Å². The molecule has 1 N–H and O–H groups in total. The summed E-state index contributed by atoms with van der Waals surface area (Å²) in [6.07, 6.45) is -0.365. The lowest BCUT2D eigenvalue weighted by Gasteiger charge is -2.36. The first-order chi connectivity index (χ1) is 13.9. The number of piperazine rings is 1. The number of carboxylic acid groups (broad SMARTS) is 1. The van der Waals surface area contributed by atoms with Crippen molar-refractivity contribution < 1.29 is 29.0 Å². The standard InChI is InChI=1S/C21H29N3O6/c1-20(2,3)30-19(28)22-10-11-23-15(12-22)13-24(18(23)27)14-6-8-16(9-7-14)29-21(4,5)17(25)26/h6-9,15H,10-13H2,1-5H3,(H,25,26)/t15-/m0/s1. The van der Waals surface area contributed by atoms with Gasteiger partial charge in [0.1, 0.15) is 11.4 Å². The van der Waals surface area contributed by atoms with Crippen LogP contribution in [0.3, 0.4) is 0 Å². The molecule has 2 aliphatic heterocycles. The Hall–Kier alpha value is -2.97. The van der Waals surface area contributed by atoms with Gasteiger partial charge in [0.25, 0.3) is 0 Å². The molecule has 1 aromatic carbocycles. The lowest BCUT2D eigenvalue weighted by Crippen LogP contribution is -2.54. The summed E-state index contributed by atoms with van der Waals surface area (Å²) in [5.74, 6) is -0.653. The lowest BCUT2D eigenvalue weighted by atomic mass is 10.1. The van der Waals surface area contributed by atoms with Crippen molar-refractivity contribution in [3.8, 4) is 5.75 Å². The van der Waals surface area contributed by atoms with E-state index < -0.39 is 17.2 Å². The smallest absolute Gasteiger partial charge is 0.410 e. The van der Waals surface area contributed by atoms with Gasteiger partial charge in [0, 0.05) is 31.9 Å². The Morgan fingerprint density at radius 1 is 1.03 bits per heavy atom. The van der Waals surface area contributed by atoms with Gasteiger partial charge >= 0.3 is 18.1 Å². The number of anilines is 1. The molecule has 164 valence electrons. The molecule has 3 amide bonds. The molecule has 1 aromatic rings. The molecule has 30 heavy (non-hydrogen) atoms. The van der Waals surface area contributed by atoms with Crippen molar-refractivity contribution in [2.24, 2.45) is 0 Å². The second-order valence-electron chi connectivity index (χ2n) is 9.08. The average Bonchev–Trinajstić information content (AvgIpc) is 2.97. The second kappa shape index (κ2) is 7.70. The number of hydrogen-bond donors (Lipinski definition) is 1. The fourth-order valence-electron chi connectivity index (χ4n) is 3.45. The number of carbonyl (C=O) groups excluding carboxylic acids is 2. The first kappa shape index (κ1) is 21.7. The fourth-order valence-corrected chi connectivity index (χ4v) is 3.45. The fraction of sp³-hybridized carbons (Fsp3) is 0.571. The third kappa shape index (κ3) is 4.60. The molecule has 0 bridgehead atoms. The van der Waals surface area contributed by atoms with Crippen molar-refractivity contribution in [1.82, 2.24) is 9.80 Å². The zero-order valence-corrected chi connectivity index (χ0v) is 18.0. The van der Waals surface area contributed by atoms with E-state index in [1.807, 2.05) is 20.8 Å². The summed E-state index contributed by atoms with van der Waals surface area (Å²) in [5, 5.41) is 9.19. The van der Waals surface area contributed by atoms with Crippen molar-refractivity contribution in [1.29, 1.82) is 0 Å². The minimum absolute atomic E-state index is 0.108. The Kier molecular flexibility index (Phi) is 5.58. The van der Waals surface area contributed by atoms with E-state index in [4.69, 9.17) is 9.47 Å². The molecule has 0 radical (unpaired) electrons. The highest BCUT2D eigenvalue weighted by atomic mass is 16.6.